The van der Waals surface area contributed by atoms with Crippen LogP contribution in [-0.4, -0.2) is 38.2 Å². The molecule has 0 atom stereocenters. The number of halogens is 1. The number of nitrogens with one attached hydrogen (secondary N) is 1. The van der Waals surface area contributed by atoms with Gasteiger partial charge in [-0.05, 0) is 47.5 Å². The molecular weight excluding hydrogens is 543 g/mol. The molecule has 0 bridgehead atoms. The Hall–Kier alpha value is -4.94. The van der Waals surface area contributed by atoms with Crippen LogP contribution in [-0.2, 0) is 26.1 Å². The van der Waals surface area contributed by atoms with E-state index < -0.39 is 15.8 Å². The number of aldehydes is 1. The molecule has 208 valence electrons. The molecule has 0 spiro atoms. The lowest BCUT2D eigenvalue weighted by atomic mass is 10.0. The standard InChI is InChI=1S/C32H27FN2O5S/c1-4-29(23-12-10-22(11-13-23)20-34-32(37)25-8-6-5-7-9-25)30(35(2)41(3,38)39)19-28-18-26(21-36)31(40-28)24-14-16-27(33)17-15-24/h1,5-17,19,21H,18,20H2,2-3H3,(H,34,37)/b28-19+,30-29-. The lowest BCUT2D eigenvalue weighted by Gasteiger charge is -2.21. The molecule has 0 fully saturated rings. The normalized spacial score (nSPS) is 14.6. The Morgan fingerprint density at radius 1 is 1.05 bits per heavy atom. The minimum absolute atomic E-state index is 0.0925. The lowest BCUT2D eigenvalue weighted by Crippen LogP contribution is -2.25. The van der Waals surface area contributed by atoms with Gasteiger partial charge in [-0.1, -0.05) is 48.4 Å². The first kappa shape index (κ1) is 29.1. The van der Waals surface area contributed by atoms with E-state index >= 15 is 0 Å². The second kappa shape index (κ2) is 12.5. The Morgan fingerprint density at radius 3 is 2.29 bits per heavy atom. The van der Waals surface area contributed by atoms with E-state index in [1.165, 1.54) is 37.4 Å². The minimum Gasteiger partial charge on any atom is -0.460 e. The summed E-state index contributed by atoms with van der Waals surface area (Å²) < 4.78 is 45.5. The number of hydrogen-bond donors (Lipinski definition) is 1. The number of carbonyl (C=O) groups is 2. The van der Waals surface area contributed by atoms with E-state index in [9.17, 15) is 22.4 Å². The Morgan fingerprint density at radius 2 is 1.71 bits per heavy atom. The Balaban J connectivity index is 1.64. The highest BCUT2D eigenvalue weighted by molar-refractivity contribution is 7.88. The fourth-order valence-corrected chi connectivity index (χ4v) is 4.64. The van der Waals surface area contributed by atoms with E-state index in [-0.39, 0.29) is 35.9 Å². The van der Waals surface area contributed by atoms with Gasteiger partial charge in [0.1, 0.15) is 23.6 Å². The lowest BCUT2D eigenvalue weighted by molar-refractivity contribution is -0.104. The summed E-state index contributed by atoms with van der Waals surface area (Å²) in [5.41, 5.74) is 3.20. The predicted octanol–water partition coefficient (Wildman–Crippen LogP) is 4.91. The fourth-order valence-electron chi connectivity index (χ4n) is 4.14. The van der Waals surface area contributed by atoms with E-state index in [1.54, 1.807) is 48.5 Å². The van der Waals surface area contributed by atoms with Crippen molar-refractivity contribution in [2.24, 2.45) is 0 Å². The van der Waals surface area contributed by atoms with Gasteiger partial charge in [-0.2, -0.15) is 0 Å². The summed E-state index contributed by atoms with van der Waals surface area (Å²) in [4.78, 5) is 24.2. The van der Waals surface area contributed by atoms with Gasteiger partial charge in [-0.15, -0.1) is 6.42 Å². The van der Waals surface area contributed by atoms with Crippen LogP contribution in [0.4, 0.5) is 4.39 Å². The zero-order valence-corrected chi connectivity index (χ0v) is 23.2. The smallest absolute Gasteiger partial charge is 0.251 e. The van der Waals surface area contributed by atoms with Crippen LogP contribution in [0.5, 0.6) is 0 Å². The zero-order valence-electron chi connectivity index (χ0n) is 22.4. The molecule has 1 N–H and O–H groups in total. The molecule has 1 heterocycles. The quantitative estimate of drug-likeness (QED) is 0.292. The van der Waals surface area contributed by atoms with Gasteiger partial charge in [-0.25, -0.2) is 12.8 Å². The van der Waals surface area contributed by atoms with E-state index in [1.807, 2.05) is 6.07 Å². The van der Waals surface area contributed by atoms with Crippen LogP contribution in [0.15, 0.2) is 102 Å². The number of carbonyl (C=O) groups excluding carboxylic acids is 2. The van der Waals surface area contributed by atoms with Crippen molar-refractivity contribution >= 4 is 33.5 Å². The van der Waals surface area contributed by atoms with Crippen molar-refractivity contribution in [3.05, 3.63) is 130 Å². The molecule has 0 saturated heterocycles. The molecule has 0 aliphatic carbocycles. The summed E-state index contributed by atoms with van der Waals surface area (Å²) in [6.07, 6.45) is 9.17. The van der Waals surface area contributed by atoms with E-state index in [4.69, 9.17) is 11.2 Å². The SMILES string of the molecule is C#C/C(=C(\C=C1/CC(C=O)=C(c2ccc(F)cc2)O1)N(C)S(C)(=O)=O)c1ccc(CNC(=O)c2ccccc2)cc1. The number of sulfonamides is 1. The second-order valence-electron chi connectivity index (χ2n) is 9.25. The van der Waals surface area contributed by atoms with Crippen LogP contribution < -0.4 is 5.32 Å². The third-order valence-corrected chi connectivity index (χ3v) is 7.60. The van der Waals surface area contributed by atoms with Crippen LogP contribution in [0, 0.1) is 18.2 Å². The number of terminal acetylenes is 1. The number of nitrogens with zero attached hydrogens (tertiary/aromatic N) is 1. The molecule has 0 aromatic heterocycles. The molecule has 3 aromatic rings. The molecule has 1 amide bonds. The van der Waals surface area contributed by atoms with Crippen LogP contribution in [0.25, 0.3) is 11.3 Å². The van der Waals surface area contributed by atoms with Gasteiger partial charge in [-0.3, -0.25) is 13.9 Å². The maximum absolute atomic E-state index is 13.4. The van der Waals surface area contributed by atoms with Crippen molar-refractivity contribution in [1.82, 2.24) is 9.62 Å². The van der Waals surface area contributed by atoms with Crippen molar-refractivity contribution < 1.29 is 27.1 Å². The van der Waals surface area contributed by atoms with Gasteiger partial charge >= 0.3 is 0 Å². The van der Waals surface area contributed by atoms with Crippen LogP contribution in [0.1, 0.15) is 33.5 Å². The number of allylic oxidation sites excluding steroid dienone is 3. The minimum atomic E-state index is -3.74. The Kier molecular flexibility index (Phi) is 8.85. The first-order valence-corrected chi connectivity index (χ1v) is 14.4. The molecule has 9 heteroatoms. The highest BCUT2D eigenvalue weighted by Crippen LogP contribution is 2.36. The third kappa shape index (κ3) is 6.99. The van der Waals surface area contributed by atoms with Crippen molar-refractivity contribution in [3.8, 4) is 12.3 Å². The number of amides is 1. The molecular formula is C32H27FN2O5S. The number of hydrogen-bond acceptors (Lipinski definition) is 5. The van der Waals surface area contributed by atoms with Crippen LogP contribution >= 0.6 is 0 Å². The summed E-state index contributed by atoms with van der Waals surface area (Å²) >= 11 is 0. The summed E-state index contributed by atoms with van der Waals surface area (Å²) in [5, 5.41) is 2.86. The average molecular weight is 571 g/mol. The van der Waals surface area contributed by atoms with Crippen molar-refractivity contribution in [3.63, 3.8) is 0 Å². The van der Waals surface area contributed by atoms with Gasteiger partial charge in [0, 0.05) is 42.8 Å². The van der Waals surface area contributed by atoms with Crippen LogP contribution in [0.3, 0.4) is 0 Å². The van der Waals surface area contributed by atoms with E-state index in [0.29, 0.717) is 34.3 Å². The number of rotatable bonds is 9. The molecule has 7 nitrogen and oxygen atoms in total. The first-order valence-electron chi connectivity index (χ1n) is 12.5. The molecule has 0 saturated carbocycles. The monoisotopic (exact) mass is 570 g/mol. The number of ether oxygens (including phenoxy) is 1. The number of likely N-dealkylation sites (N-methyl/N-ethyl adjacent to an activating group) is 1. The molecule has 41 heavy (non-hydrogen) atoms. The summed E-state index contributed by atoms with van der Waals surface area (Å²) in [6, 6.07) is 21.4. The van der Waals surface area contributed by atoms with Crippen molar-refractivity contribution in [2.45, 2.75) is 13.0 Å². The molecule has 1 aliphatic rings. The maximum Gasteiger partial charge on any atom is 0.251 e. The summed E-state index contributed by atoms with van der Waals surface area (Å²) in [7, 11) is -2.37. The topological polar surface area (TPSA) is 92.8 Å². The molecule has 0 unspecified atom stereocenters. The predicted molar refractivity (Wildman–Crippen MR) is 156 cm³/mol. The van der Waals surface area contributed by atoms with E-state index in [2.05, 4.69) is 11.2 Å². The molecule has 3 aromatic carbocycles. The third-order valence-electron chi connectivity index (χ3n) is 6.40. The summed E-state index contributed by atoms with van der Waals surface area (Å²) in [6.45, 7) is 0.281. The van der Waals surface area contributed by atoms with Gasteiger partial charge in [0.2, 0.25) is 10.0 Å². The maximum atomic E-state index is 13.4. The first-order chi connectivity index (χ1) is 19.6. The summed E-state index contributed by atoms with van der Waals surface area (Å²) in [5.74, 6) is 2.51. The van der Waals surface area contributed by atoms with Gasteiger partial charge in [0.25, 0.3) is 5.91 Å². The van der Waals surface area contributed by atoms with Crippen molar-refractivity contribution in [2.75, 3.05) is 13.3 Å². The Labute approximate surface area is 238 Å². The second-order valence-corrected chi connectivity index (χ2v) is 11.3. The van der Waals surface area contributed by atoms with Gasteiger partial charge in [0.05, 0.1) is 17.5 Å². The average Bonchev–Trinajstić information content (AvgIpc) is 3.39. The van der Waals surface area contributed by atoms with Gasteiger partial charge in [0.15, 0.2) is 0 Å². The number of benzene rings is 3. The van der Waals surface area contributed by atoms with Crippen LogP contribution in [0.2, 0.25) is 0 Å². The Bertz CT molecular complexity index is 1700. The largest absolute Gasteiger partial charge is 0.460 e. The molecule has 1 aliphatic heterocycles. The zero-order chi connectivity index (χ0) is 29.6. The van der Waals surface area contributed by atoms with Gasteiger partial charge < -0.3 is 10.1 Å². The molecule has 4 rings (SSSR count). The fraction of sp³-hybridized carbons (Fsp3) is 0.125. The highest BCUT2D eigenvalue weighted by Gasteiger charge is 2.25. The highest BCUT2D eigenvalue weighted by atomic mass is 32.2. The van der Waals surface area contributed by atoms with Crippen molar-refractivity contribution in [1.29, 1.82) is 0 Å². The van der Waals surface area contributed by atoms with E-state index in [0.717, 1.165) is 16.1 Å². The molecule has 0 radical (unpaired) electrons.